The summed E-state index contributed by atoms with van der Waals surface area (Å²) in [6.07, 6.45) is 5.15. The van der Waals surface area contributed by atoms with Crippen molar-refractivity contribution in [1.82, 2.24) is 10.1 Å². The first-order valence-electron chi connectivity index (χ1n) is 6.99. The average Bonchev–Trinajstić information content (AvgIpc) is 2.85. The van der Waals surface area contributed by atoms with Crippen LogP contribution in [-0.4, -0.2) is 16.7 Å². The zero-order valence-electron chi connectivity index (χ0n) is 11.0. The molecule has 3 rings (SSSR count). The van der Waals surface area contributed by atoms with Crippen molar-refractivity contribution >= 4 is 0 Å². The van der Waals surface area contributed by atoms with Gasteiger partial charge in [0.05, 0.1) is 5.92 Å². The zero-order chi connectivity index (χ0) is 13.1. The normalized spacial score (nSPS) is 17.0. The van der Waals surface area contributed by atoms with Crippen LogP contribution in [0.4, 0.5) is 0 Å². The van der Waals surface area contributed by atoms with Gasteiger partial charge >= 0.3 is 0 Å². The van der Waals surface area contributed by atoms with Crippen LogP contribution in [0.1, 0.15) is 48.0 Å². The highest BCUT2D eigenvalue weighted by molar-refractivity contribution is 5.43. The number of hydrogen-bond donors (Lipinski definition) is 1. The molecule has 0 saturated heterocycles. The van der Waals surface area contributed by atoms with Gasteiger partial charge in [0, 0.05) is 6.42 Å². The Kier molecular flexibility index (Phi) is 3.60. The molecule has 0 radical (unpaired) electrons. The van der Waals surface area contributed by atoms with Gasteiger partial charge in [-0.25, -0.2) is 0 Å². The molecule has 1 atom stereocenters. The number of aryl methyl sites for hydroxylation is 1. The largest absolute Gasteiger partial charge is 0.339 e. The average molecular weight is 257 g/mol. The van der Waals surface area contributed by atoms with E-state index in [4.69, 9.17) is 10.3 Å². The van der Waals surface area contributed by atoms with Gasteiger partial charge in [-0.2, -0.15) is 4.98 Å². The summed E-state index contributed by atoms with van der Waals surface area (Å²) in [5.41, 5.74) is 8.22. The molecule has 1 aromatic heterocycles. The molecule has 1 unspecified atom stereocenters. The van der Waals surface area contributed by atoms with Gasteiger partial charge in [0.15, 0.2) is 5.82 Å². The lowest BCUT2D eigenvalue weighted by Crippen LogP contribution is -2.19. The van der Waals surface area contributed by atoms with Crippen LogP contribution in [0.2, 0.25) is 0 Å². The third-order valence-corrected chi connectivity index (χ3v) is 3.74. The van der Waals surface area contributed by atoms with Crippen LogP contribution in [0.3, 0.4) is 0 Å². The molecule has 1 aliphatic carbocycles. The highest BCUT2D eigenvalue weighted by Gasteiger charge is 2.30. The first-order valence-corrected chi connectivity index (χ1v) is 6.99. The van der Waals surface area contributed by atoms with Crippen molar-refractivity contribution < 1.29 is 4.52 Å². The van der Waals surface area contributed by atoms with Gasteiger partial charge in [-0.05, 0) is 36.9 Å². The second-order valence-corrected chi connectivity index (χ2v) is 5.10. The van der Waals surface area contributed by atoms with Gasteiger partial charge in [-0.3, -0.25) is 0 Å². The molecule has 2 N–H and O–H groups in total. The highest BCUT2D eigenvalue weighted by atomic mass is 16.5. The molecule has 1 aromatic carbocycles. The molecular weight excluding hydrogens is 238 g/mol. The fraction of sp³-hybridized carbons (Fsp3) is 0.467. The summed E-state index contributed by atoms with van der Waals surface area (Å²) < 4.78 is 5.32. The van der Waals surface area contributed by atoms with Crippen molar-refractivity contribution in [2.45, 2.75) is 38.0 Å². The molecule has 0 aliphatic heterocycles. The van der Waals surface area contributed by atoms with Crippen molar-refractivity contribution in [3.63, 3.8) is 0 Å². The quantitative estimate of drug-likeness (QED) is 0.807. The maximum absolute atomic E-state index is 5.47. The number of nitrogens with two attached hydrogens (primary N) is 1. The van der Waals surface area contributed by atoms with Gasteiger partial charge in [0.25, 0.3) is 0 Å². The number of hydrogen-bond acceptors (Lipinski definition) is 4. The molecule has 0 bridgehead atoms. The Labute approximate surface area is 113 Å². The van der Waals surface area contributed by atoms with Gasteiger partial charge in [0.1, 0.15) is 0 Å². The molecule has 19 heavy (non-hydrogen) atoms. The molecule has 100 valence electrons. The van der Waals surface area contributed by atoms with E-state index in [1.807, 2.05) is 0 Å². The zero-order valence-corrected chi connectivity index (χ0v) is 11.0. The van der Waals surface area contributed by atoms with Crippen molar-refractivity contribution in [3.05, 3.63) is 47.1 Å². The van der Waals surface area contributed by atoms with Crippen LogP contribution in [0, 0.1) is 0 Å². The minimum absolute atomic E-state index is 0.331. The summed E-state index contributed by atoms with van der Waals surface area (Å²) >= 11 is 0. The fourth-order valence-electron chi connectivity index (χ4n) is 2.60. The summed E-state index contributed by atoms with van der Waals surface area (Å²) in [6, 6.07) is 8.47. The molecule has 0 fully saturated rings. The molecular formula is C15H19N3O. The van der Waals surface area contributed by atoms with Crippen molar-refractivity contribution in [2.75, 3.05) is 6.54 Å². The van der Waals surface area contributed by atoms with Crippen LogP contribution in [0.15, 0.2) is 28.8 Å². The fourth-order valence-corrected chi connectivity index (χ4v) is 2.60. The first kappa shape index (κ1) is 12.4. The predicted octanol–water partition coefficient (Wildman–Crippen LogP) is 2.43. The monoisotopic (exact) mass is 257 g/mol. The molecule has 0 amide bonds. The van der Waals surface area contributed by atoms with Crippen molar-refractivity contribution in [2.24, 2.45) is 5.73 Å². The molecule has 1 aliphatic rings. The molecule has 1 heterocycles. The predicted molar refractivity (Wildman–Crippen MR) is 72.9 cm³/mol. The Morgan fingerprint density at radius 1 is 1.21 bits per heavy atom. The number of benzene rings is 1. The van der Waals surface area contributed by atoms with E-state index in [-0.39, 0.29) is 0 Å². The molecule has 0 spiro atoms. The van der Waals surface area contributed by atoms with E-state index in [1.54, 1.807) is 0 Å². The van der Waals surface area contributed by atoms with Gasteiger partial charge in [-0.15, -0.1) is 0 Å². The number of fused-ring (bicyclic) bond motifs is 1. The third kappa shape index (κ3) is 2.54. The minimum Gasteiger partial charge on any atom is -0.339 e. The summed E-state index contributed by atoms with van der Waals surface area (Å²) in [7, 11) is 0. The molecule has 4 nitrogen and oxygen atoms in total. The maximum Gasteiger partial charge on any atom is 0.226 e. The van der Waals surface area contributed by atoms with Crippen LogP contribution in [0.25, 0.3) is 0 Å². The van der Waals surface area contributed by atoms with Gasteiger partial charge in [0.2, 0.25) is 5.89 Å². The van der Waals surface area contributed by atoms with Crippen molar-refractivity contribution in [1.29, 1.82) is 0 Å². The standard InChI is InChI=1S/C15H19N3O/c16-9-5-1-2-8-14-17-15(18-19-14)13-10-11-6-3-4-7-12(11)13/h3-4,6-7,13H,1-2,5,8-10,16H2. The topological polar surface area (TPSA) is 64.9 Å². The van der Waals surface area contributed by atoms with Gasteiger partial charge in [-0.1, -0.05) is 35.8 Å². The Hall–Kier alpha value is -1.68. The molecule has 2 aromatic rings. The van der Waals surface area contributed by atoms with Gasteiger partial charge < -0.3 is 10.3 Å². The first-order chi connectivity index (χ1) is 9.38. The Bertz CT molecular complexity index is 550. The summed E-state index contributed by atoms with van der Waals surface area (Å²) in [5.74, 6) is 1.93. The Morgan fingerprint density at radius 3 is 2.95 bits per heavy atom. The summed E-state index contributed by atoms with van der Waals surface area (Å²) in [6.45, 7) is 0.758. The van der Waals surface area contributed by atoms with Crippen LogP contribution in [-0.2, 0) is 12.8 Å². The van der Waals surface area contributed by atoms with Crippen LogP contribution >= 0.6 is 0 Å². The summed E-state index contributed by atoms with van der Waals surface area (Å²) in [5, 5.41) is 4.13. The smallest absolute Gasteiger partial charge is 0.226 e. The second kappa shape index (κ2) is 5.53. The van der Waals surface area contributed by atoms with E-state index in [2.05, 4.69) is 34.4 Å². The SMILES string of the molecule is NCCCCCc1nc(C2Cc3ccccc32)no1. The Morgan fingerprint density at radius 2 is 2.11 bits per heavy atom. The van der Waals surface area contributed by atoms with E-state index in [0.717, 1.165) is 50.4 Å². The lowest BCUT2D eigenvalue weighted by Gasteiger charge is -2.27. The number of nitrogens with zero attached hydrogens (tertiary/aromatic N) is 2. The number of rotatable bonds is 6. The third-order valence-electron chi connectivity index (χ3n) is 3.74. The maximum atomic E-state index is 5.47. The van der Waals surface area contributed by atoms with E-state index < -0.39 is 0 Å². The molecule has 0 saturated carbocycles. The van der Waals surface area contributed by atoms with Crippen molar-refractivity contribution in [3.8, 4) is 0 Å². The van der Waals surface area contributed by atoms with E-state index in [0.29, 0.717) is 5.92 Å². The minimum atomic E-state index is 0.331. The number of unbranched alkanes of at least 4 members (excludes halogenated alkanes) is 2. The highest BCUT2D eigenvalue weighted by Crippen LogP contribution is 2.38. The molecule has 4 heteroatoms. The van der Waals surface area contributed by atoms with Crippen LogP contribution < -0.4 is 5.73 Å². The summed E-state index contributed by atoms with van der Waals surface area (Å²) in [4.78, 5) is 4.52. The lowest BCUT2D eigenvalue weighted by molar-refractivity contribution is 0.366. The van der Waals surface area contributed by atoms with Crippen LogP contribution in [0.5, 0.6) is 0 Å². The number of aromatic nitrogens is 2. The van der Waals surface area contributed by atoms with E-state index >= 15 is 0 Å². The Balaban J connectivity index is 1.60. The van der Waals surface area contributed by atoms with E-state index in [9.17, 15) is 0 Å². The lowest BCUT2D eigenvalue weighted by atomic mass is 9.77. The second-order valence-electron chi connectivity index (χ2n) is 5.10. The van der Waals surface area contributed by atoms with E-state index in [1.165, 1.54) is 11.1 Å².